The normalized spacial score (nSPS) is 20.2. The number of fused-ring (bicyclic) bond motifs is 7. The zero-order chi connectivity index (χ0) is 27.6. The molecule has 0 N–H and O–H groups in total. The van der Waals surface area contributed by atoms with Crippen molar-refractivity contribution in [3.63, 3.8) is 0 Å². The molecule has 0 saturated heterocycles. The largest absolute Gasteiger partial charge is 0.0839 e. The van der Waals surface area contributed by atoms with Crippen LogP contribution in [0.15, 0.2) is 108 Å². The van der Waals surface area contributed by atoms with Gasteiger partial charge in [-0.1, -0.05) is 91.1 Å². The molecular weight excluding hydrogens is 504 g/mol. The first kappa shape index (κ1) is 24.4. The van der Waals surface area contributed by atoms with Crippen molar-refractivity contribution >= 4 is 28.5 Å². The van der Waals surface area contributed by atoms with E-state index in [2.05, 4.69) is 103 Å². The van der Waals surface area contributed by atoms with E-state index in [1.807, 2.05) is 0 Å². The number of hydrogen-bond acceptors (Lipinski definition) is 0. The summed E-state index contributed by atoms with van der Waals surface area (Å²) in [5.74, 6) is 0.416. The smallest absolute Gasteiger partial charge is 0.0133 e. The highest BCUT2D eigenvalue weighted by atomic mass is 14.4. The molecule has 0 heterocycles. The zero-order valence-electron chi connectivity index (χ0n) is 24.3. The average Bonchev–Trinajstić information content (AvgIpc) is 3.07. The highest BCUT2D eigenvalue weighted by Gasteiger charge is 2.34. The first-order valence-corrected chi connectivity index (χ1v) is 16.1. The predicted octanol–water partition coefficient (Wildman–Crippen LogP) is 11.0. The van der Waals surface area contributed by atoms with E-state index in [0.29, 0.717) is 5.92 Å². The van der Waals surface area contributed by atoms with Crippen LogP contribution in [0.25, 0.3) is 39.6 Å². The molecule has 0 nitrogen and oxygen atoms in total. The molecular formula is C42H36. The van der Waals surface area contributed by atoms with Crippen molar-refractivity contribution in [1.82, 2.24) is 0 Å². The fourth-order valence-corrected chi connectivity index (χ4v) is 8.59. The molecule has 1 atom stereocenters. The third kappa shape index (κ3) is 3.81. The maximum atomic E-state index is 2.61. The van der Waals surface area contributed by atoms with E-state index in [4.69, 9.17) is 0 Å². The molecule has 0 aromatic heterocycles. The van der Waals surface area contributed by atoms with Crippen molar-refractivity contribution < 1.29 is 0 Å². The number of rotatable bonds is 2. The lowest BCUT2D eigenvalue weighted by atomic mass is 9.66. The van der Waals surface area contributed by atoms with Crippen LogP contribution in [0.1, 0.15) is 83.4 Å². The molecule has 4 aromatic carbocycles. The van der Waals surface area contributed by atoms with Crippen LogP contribution in [-0.4, -0.2) is 0 Å². The second-order valence-corrected chi connectivity index (χ2v) is 12.8. The Kier molecular flexibility index (Phi) is 5.65. The van der Waals surface area contributed by atoms with Gasteiger partial charge in [0, 0.05) is 5.92 Å². The molecule has 0 aliphatic heterocycles. The summed E-state index contributed by atoms with van der Waals surface area (Å²) in [6.07, 6.45) is 24.8. The van der Waals surface area contributed by atoms with Crippen molar-refractivity contribution in [1.29, 1.82) is 0 Å². The third-order valence-corrected chi connectivity index (χ3v) is 10.6. The van der Waals surface area contributed by atoms with Crippen LogP contribution in [0, 0.1) is 0 Å². The van der Waals surface area contributed by atoms with Crippen LogP contribution in [0.4, 0.5) is 0 Å². The zero-order valence-corrected chi connectivity index (χ0v) is 24.3. The third-order valence-electron chi connectivity index (χ3n) is 10.6. The van der Waals surface area contributed by atoms with Crippen LogP contribution in [0.5, 0.6) is 0 Å². The minimum atomic E-state index is 0.416. The van der Waals surface area contributed by atoms with E-state index in [-0.39, 0.29) is 0 Å². The molecule has 0 saturated carbocycles. The summed E-state index contributed by atoms with van der Waals surface area (Å²) in [4.78, 5) is 0. The second-order valence-electron chi connectivity index (χ2n) is 12.8. The summed E-state index contributed by atoms with van der Waals surface area (Å²) in [7, 11) is 0. The standard InChI is InChI=1S/C42H36/c1-3-11-29-23-31(19-17-27(29)9-1)39-25-41-37(33-13-5-7-15-35(33)39)21-22-38-34-14-6-8-16-36(34)40(26-42(38)41)32-20-18-28-10-2-4-12-30(28)24-32/h1,3-4,7-9,11-12,15-20,23-24,26,39H,2,5-6,10,13-14,21-22,25H2. The van der Waals surface area contributed by atoms with Gasteiger partial charge in [0.2, 0.25) is 0 Å². The summed E-state index contributed by atoms with van der Waals surface area (Å²) in [6.45, 7) is 0. The number of benzene rings is 4. The monoisotopic (exact) mass is 540 g/mol. The van der Waals surface area contributed by atoms with Gasteiger partial charge < -0.3 is 0 Å². The van der Waals surface area contributed by atoms with Gasteiger partial charge in [-0.3, -0.25) is 0 Å². The van der Waals surface area contributed by atoms with Gasteiger partial charge in [0.25, 0.3) is 0 Å². The molecule has 0 bridgehead atoms. The average molecular weight is 541 g/mol. The summed E-state index contributed by atoms with van der Waals surface area (Å²) in [5.41, 5.74) is 20.0. The first-order valence-electron chi connectivity index (χ1n) is 16.1. The first-order chi connectivity index (χ1) is 20.8. The van der Waals surface area contributed by atoms with E-state index in [9.17, 15) is 0 Å². The molecule has 42 heavy (non-hydrogen) atoms. The fourth-order valence-electron chi connectivity index (χ4n) is 8.59. The minimum Gasteiger partial charge on any atom is -0.0839 e. The highest BCUT2D eigenvalue weighted by molar-refractivity contribution is 5.89. The molecule has 0 spiro atoms. The molecule has 204 valence electrons. The van der Waals surface area contributed by atoms with Gasteiger partial charge in [0.15, 0.2) is 0 Å². The molecule has 0 radical (unpaired) electrons. The van der Waals surface area contributed by atoms with Crippen molar-refractivity contribution in [3.8, 4) is 11.1 Å². The molecule has 4 aromatic rings. The van der Waals surface area contributed by atoms with Crippen molar-refractivity contribution in [2.24, 2.45) is 0 Å². The van der Waals surface area contributed by atoms with E-state index in [0.717, 1.165) is 32.1 Å². The van der Waals surface area contributed by atoms with Gasteiger partial charge in [-0.25, -0.2) is 0 Å². The highest BCUT2D eigenvalue weighted by Crippen LogP contribution is 2.53. The Morgan fingerprint density at radius 2 is 1.40 bits per heavy atom. The quantitative estimate of drug-likeness (QED) is 0.237. The second kappa shape index (κ2) is 9.70. The lowest BCUT2D eigenvalue weighted by molar-refractivity contribution is 0.742. The maximum absolute atomic E-state index is 2.61. The van der Waals surface area contributed by atoms with Crippen LogP contribution < -0.4 is 0 Å². The van der Waals surface area contributed by atoms with Gasteiger partial charge in [-0.15, -0.1) is 0 Å². The molecule has 0 fully saturated rings. The molecule has 1 unspecified atom stereocenters. The maximum Gasteiger partial charge on any atom is 0.0133 e. The lowest BCUT2D eigenvalue weighted by Gasteiger charge is -2.38. The lowest BCUT2D eigenvalue weighted by Crippen LogP contribution is -2.20. The number of allylic oxidation sites excluding steroid dienone is 8. The molecule has 0 amide bonds. The summed E-state index contributed by atoms with van der Waals surface area (Å²) >= 11 is 0. The van der Waals surface area contributed by atoms with Gasteiger partial charge in [-0.2, -0.15) is 0 Å². The van der Waals surface area contributed by atoms with Crippen molar-refractivity contribution in [2.45, 2.75) is 63.7 Å². The van der Waals surface area contributed by atoms with E-state index >= 15 is 0 Å². The molecule has 5 aliphatic carbocycles. The Morgan fingerprint density at radius 3 is 2.38 bits per heavy atom. The molecule has 5 aliphatic rings. The molecule has 9 rings (SSSR count). The Balaban J connectivity index is 1.23. The minimum absolute atomic E-state index is 0.416. The summed E-state index contributed by atoms with van der Waals surface area (Å²) < 4.78 is 0. The van der Waals surface area contributed by atoms with Crippen LogP contribution in [-0.2, 0) is 19.3 Å². The summed E-state index contributed by atoms with van der Waals surface area (Å²) in [5, 5.41) is 2.68. The Labute approximate surface area is 249 Å². The van der Waals surface area contributed by atoms with Gasteiger partial charge in [0.1, 0.15) is 0 Å². The Bertz CT molecular complexity index is 1950. The van der Waals surface area contributed by atoms with Crippen LogP contribution >= 0.6 is 0 Å². The number of aryl methyl sites for hydroxylation is 1. The van der Waals surface area contributed by atoms with E-state index in [1.54, 1.807) is 39.0 Å². The fraction of sp³-hybridized carbons (Fsp3) is 0.238. The predicted molar refractivity (Wildman–Crippen MR) is 179 cm³/mol. The van der Waals surface area contributed by atoms with Crippen LogP contribution in [0.3, 0.4) is 0 Å². The summed E-state index contributed by atoms with van der Waals surface area (Å²) in [6, 6.07) is 25.9. The number of hydrogen-bond donors (Lipinski definition) is 0. The van der Waals surface area contributed by atoms with Crippen molar-refractivity contribution in [3.05, 3.63) is 147 Å². The van der Waals surface area contributed by atoms with Crippen molar-refractivity contribution in [2.75, 3.05) is 0 Å². The van der Waals surface area contributed by atoms with E-state index < -0.39 is 0 Å². The Hall–Kier alpha value is -4.16. The topological polar surface area (TPSA) is 0 Å². The van der Waals surface area contributed by atoms with Gasteiger partial charge >= 0.3 is 0 Å². The SMILES string of the molecule is C1=CC2=C(CC1)C1=C(CC2c2ccc3ccccc3c2)c2cc(-c3ccc4c(c3)C=CCC4)c3c(c2CC1)CCC=C3. The van der Waals surface area contributed by atoms with Gasteiger partial charge in [-0.05, 0) is 153 Å². The molecule has 0 heteroatoms. The Morgan fingerprint density at radius 1 is 0.548 bits per heavy atom. The van der Waals surface area contributed by atoms with Crippen LogP contribution in [0.2, 0.25) is 0 Å². The van der Waals surface area contributed by atoms with Gasteiger partial charge in [0.05, 0.1) is 0 Å². The van der Waals surface area contributed by atoms with E-state index in [1.165, 1.54) is 69.8 Å².